The van der Waals surface area contributed by atoms with Gasteiger partial charge in [-0.1, -0.05) is 24.3 Å². The monoisotopic (exact) mass is 387 g/mol. The second-order valence-electron chi connectivity index (χ2n) is 6.74. The summed E-state index contributed by atoms with van der Waals surface area (Å²) in [6.07, 6.45) is 0. The van der Waals surface area contributed by atoms with Gasteiger partial charge in [0, 0.05) is 38.1 Å². The highest BCUT2D eigenvalue weighted by Crippen LogP contribution is 2.16. The highest BCUT2D eigenvalue weighted by molar-refractivity contribution is 7.11. The third-order valence-electron chi connectivity index (χ3n) is 4.66. The van der Waals surface area contributed by atoms with Crippen molar-refractivity contribution >= 4 is 17.3 Å². The highest BCUT2D eigenvalue weighted by atomic mass is 32.1. The molecule has 1 aromatic heterocycles. The summed E-state index contributed by atoms with van der Waals surface area (Å²) in [7, 11) is 1.79. The maximum atomic E-state index is 5.43. The number of ether oxygens (including phenoxy) is 1. The largest absolute Gasteiger partial charge is 0.379 e. The van der Waals surface area contributed by atoms with Crippen LogP contribution in [0.5, 0.6) is 0 Å². The highest BCUT2D eigenvalue weighted by Gasteiger charge is 2.11. The van der Waals surface area contributed by atoms with Crippen LogP contribution in [0.15, 0.2) is 29.3 Å². The molecule has 0 amide bonds. The van der Waals surface area contributed by atoms with Gasteiger partial charge in [-0.3, -0.25) is 9.89 Å². The van der Waals surface area contributed by atoms with Crippen LogP contribution in [0, 0.1) is 13.8 Å². The lowest BCUT2D eigenvalue weighted by Crippen LogP contribution is -2.36. The number of thiazole rings is 1. The van der Waals surface area contributed by atoms with Gasteiger partial charge in [0.1, 0.15) is 5.01 Å². The number of hydrogen-bond acceptors (Lipinski definition) is 5. The first-order valence-corrected chi connectivity index (χ1v) is 10.2. The lowest BCUT2D eigenvalue weighted by molar-refractivity contribution is 0.0342. The standard InChI is InChI=1S/C20H29N5OS/c1-15-16(2)27-19(24-15)13-23-20(21-3)22-12-17-5-4-6-18(11-17)14-25-7-9-26-10-8-25/h4-6,11H,7-10,12-14H2,1-3H3,(H2,21,22,23). The number of morpholine rings is 1. The van der Waals surface area contributed by atoms with Crippen molar-refractivity contribution in [3.05, 3.63) is 51.0 Å². The predicted molar refractivity (Wildman–Crippen MR) is 111 cm³/mol. The summed E-state index contributed by atoms with van der Waals surface area (Å²) in [4.78, 5) is 12.6. The van der Waals surface area contributed by atoms with Crippen molar-refractivity contribution in [3.63, 3.8) is 0 Å². The van der Waals surface area contributed by atoms with Gasteiger partial charge in [0.15, 0.2) is 5.96 Å². The van der Waals surface area contributed by atoms with Gasteiger partial charge in [-0.25, -0.2) is 4.98 Å². The van der Waals surface area contributed by atoms with Crippen molar-refractivity contribution in [1.29, 1.82) is 0 Å². The molecule has 1 saturated heterocycles. The first-order valence-electron chi connectivity index (χ1n) is 9.39. The molecule has 146 valence electrons. The minimum Gasteiger partial charge on any atom is -0.379 e. The molecular formula is C20H29N5OS. The Hall–Kier alpha value is -1.96. The molecule has 2 heterocycles. The van der Waals surface area contributed by atoms with Crippen molar-refractivity contribution in [3.8, 4) is 0 Å². The van der Waals surface area contributed by atoms with Crippen LogP contribution in [-0.4, -0.2) is 49.2 Å². The van der Waals surface area contributed by atoms with Gasteiger partial charge < -0.3 is 15.4 Å². The molecule has 0 unspecified atom stereocenters. The van der Waals surface area contributed by atoms with E-state index in [2.05, 4.69) is 56.7 Å². The molecule has 1 aliphatic heterocycles. The van der Waals surface area contributed by atoms with Crippen LogP contribution in [0.3, 0.4) is 0 Å². The van der Waals surface area contributed by atoms with E-state index >= 15 is 0 Å². The topological polar surface area (TPSA) is 61.8 Å². The summed E-state index contributed by atoms with van der Waals surface area (Å²) < 4.78 is 5.43. The molecule has 27 heavy (non-hydrogen) atoms. The third-order valence-corrected chi connectivity index (χ3v) is 5.74. The summed E-state index contributed by atoms with van der Waals surface area (Å²) >= 11 is 1.73. The van der Waals surface area contributed by atoms with Gasteiger partial charge in [0.05, 0.1) is 25.5 Å². The number of nitrogens with one attached hydrogen (secondary N) is 2. The molecule has 3 rings (SSSR count). The quantitative estimate of drug-likeness (QED) is 0.589. The molecule has 1 aliphatic rings. The number of rotatable bonds is 6. The fourth-order valence-corrected chi connectivity index (χ4v) is 3.91. The van der Waals surface area contributed by atoms with E-state index < -0.39 is 0 Å². The Morgan fingerprint density at radius 3 is 2.63 bits per heavy atom. The number of nitrogens with zero attached hydrogens (tertiary/aromatic N) is 3. The van der Waals surface area contributed by atoms with Crippen molar-refractivity contribution < 1.29 is 4.74 Å². The van der Waals surface area contributed by atoms with Crippen molar-refractivity contribution in [1.82, 2.24) is 20.5 Å². The maximum Gasteiger partial charge on any atom is 0.191 e. The van der Waals surface area contributed by atoms with Crippen LogP contribution in [-0.2, 0) is 24.4 Å². The van der Waals surface area contributed by atoms with Gasteiger partial charge in [0.2, 0.25) is 0 Å². The first-order chi connectivity index (χ1) is 13.1. The van der Waals surface area contributed by atoms with E-state index in [0.29, 0.717) is 6.54 Å². The Bertz CT molecular complexity index is 748. The average Bonchev–Trinajstić information content (AvgIpc) is 3.01. The van der Waals surface area contributed by atoms with Gasteiger partial charge in [-0.15, -0.1) is 11.3 Å². The Labute approximate surface area is 165 Å². The van der Waals surface area contributed by atoms with Gasteiger partial charge in [-0.2, -0.15) is 0 Å². The van der Waals surface area contributed by atoms with E-state index in [1.54, 1.807) is 18.4 Å². The first kappa shape index (κ1) is 19.8. The maximum absolute atomic E-state index is 5.43. The van der Waals surface area contributed by atoms with E-state index in [9.17, 15) is 0 Å². The van der Waals surface area contributed by atoms with Crippen LogP contribution in [0.4, 0.5) is 0 Å². The zero-order valence-corrected chi connectivity index (χ0v) is 17.2. The number of guanidine groups is 1. The molecule has 2 aromatic rings. The number of aryl methyl sites for hydroxylation is 2. The lowest BCUT2D eigenvalue weighted by Gasteiger charge is -2.26. The van der Waals surface area contributed by atoms with Crippen LogP contribution >= 0.6 is 11.3 Å². The average molecular weight is 388 g/mol. The molecule has 2 N–H and O–H groups in total. The number of hydrogen-bond donors (Lipinski definition) is 2. The van der Waals surface area contributed by atoms with Gasteiger partial charge >= 0.3 is 0 Å². The Balaban J connectivity index is 1.49. The fraction of sp³-hybridized carbons (Fsp3) is 0.500. The SMILES string of the molecule is CN=C(NCc1cccc(CN2CCOCC2)c1)NCc1nc(C)c(C)s1. The molecule has 6 nitrogen and oxygen atoms in total. The second kappa shape index (κ2) is 9.82. The second-order valence-corrected chi connectivity index (χ2v) is 8.02. The van der Waals surface area contributed by atoms with Crippen LogP contribution in [0.25, 0.3) is 0 Å². The minimum atomic E-state index is 0.691. The minimum absolute atomic E-state index is 0.691. The Kier molecular flexibility index (Phi) is 7.20. The molecule has 0 atom stereocenters. The molecule has 0 aliphatic carbocycles. The molecule has 1 fully saturated rings. The molecule has 0 bridgehead atoms. The Morgan fingerprint density at radius 1 is 1.19 bits per heavy atom. The van der Waals surface area contributed by atoms with E-state index in [0.717, 1.165) is 56.1 Å². The zero-order valence-electron chi connectivity index (χ0n) is 16.4. The summed E-state index contributed by atoms with van der Waals surface area (Å²) in [5.74, 6) is 0.791. The summed E-state index contributed by atoms with van der Waals surface area (Å²) in [6.45, 7) is 10.3. The molecule has 0 spiro atoms. The van der Waals surface area contributed by atoms with E-state index in [-0.39, 0.29) is 0 Å². The lowest BCUT2D eigenvalue weighted by atomic mass is 10.1. The van der Waals surface area contributed by atoms with Crippen molar-refractivity contribution in [2.24, 2.45) is 4.99 Å². The molecule has 7 heteroatoms. The van der Waals surface area contributed by atoms with Crippen molar-refractivity contribution in [2.75, 3.05) is 33.4 Å². The summed E-state index contributed by atoms with van der Waals surface area (Å²) in [6, 6.07) is 8.74. The number of aliphatic imine (C=N–C) groups is 1. The molecule has 0 radical (unpaired) electrons. The van der Waals surface area contributed by atoms with E-state index in [1.807, 2.05) is 6.92 Å². The normalized spacial score (nSPS) is 15.7. The molecular weight excluding hydrogens is 358 g/mol. The smallest absolute Gasteiger partial charge is 0.191 e. The number of aromatic nitrogens is 1. The van der Waals surface area contributed by atoms with Crippen LogP contribution < -0.4 is 10.6 Å². The summed E-state index contributed by atoms with van der Waals surface area (Å²) in [5, 5.41) is 7.82. The van der Waals surface area contributed by atoms with E-state index in [4.69, 9.17) is 4.74 Å². The predicted octanol–water partition coefficient (Wildman–Crippen LogP) is 2.46. The zero-order chi connectivity index (χ0) is 19.1. The van der Waals surface area contributed by atoms with Gasteiger partial charge in [-0.05, 0) is 25.0 Å². The Morgan fingerprint density at radius 2 is 1.93 bits per heavy atom. The van der Waals surface area contributed by atoms with Crippen LogP contribution in [0.2, 0.25) is 0 Å². The molecule has 1 aromatic carbocycles. The summed E-state index contributed by atoms with van der Waals surface area (Å²) in [5.41, 5.74) is 3.70. The van der Waals surface area contributed by atoms with Crippen LogP contribution in [0.1, 0.15) is 26.7 Å². The fourth-order valence-electron chi connectivity index (χ4n) is 3.04. The van der Waals surface area contributed by atoms with Crippen molar-refractivity contribution in [2.45, 2.75) is 33.5 Å². The van der Waals surface area contributed by atoms with Gasteiger partial charge in [0.25, 0.3) is 0 Å². The van der Waals surface area contributed by atoms with E-state index in [1.165, 1.54) is 16.0 Å². The number of benzene rings is 1. The third kappa shape index (κ3) is 6.02. The molecule has 0 saturated carbocycles.